The SMILES string of the molecule is O=C(/C=C/c1cccnc1)N1CCC[C@@H](Cc2cccc(Nc3ccccn3)n2)C1. The molecule has 3 aromatic heterocycles. The van der Waals surface area contributed by atoms with Crippen molar-refractivity contribution in [1.82, 2.24) is 19.9 Å². The Kier molecular flexibility index (Phi) is 6.44. The second kappa shape index (κ2) is 9.78. The van der Waals surface area contributed by atoms with Crippen molar-refractivity contribution < 1.29 is 4.79 Å². The third kappa shape index (κ3) is 5.50. The van der Waals surface area contributed by atoms with Crippen molar-refractivity contribution in [1.29, 1.82) is 0 Å². The number of piperidine rings is 1. The zero-order valence-corrected chi connectivity index (χ0v) is 16.8. The minimum atomic E-state index is 0.0575. The average Bonchev–Trinajstić information content (AvgIpc) is 2.79. The molecule has 4 rings (SSSR count). The van der Waals surface area contributed by atoms with Gasteiger partial charge in [-0.2, -0.15) is 0 Å². The summed E-state index contributed by atoms with van der Waals surface area (Å²) in [5, 5.41) is 3.24. The molecule has 1 fully saturated rings. The van der Waals surface area contributed by atoms with E-state index in [1.165, 1.54) is 0 Å². The van der Waals surface area contributed by atoms with E-state index < -0.39 is 0 Å². The lowest BCUT2D eigenvalue weighted by atomic mass is 9.93. The third-order valence-corrected chi connectivity index (χ3v) is 5.16. The Morgan fingerprint density at radius 1 is 1.10 bits per heavy atom. The van der Waals surface area contributed by atoms with Gasteiger partial charge in [0.15, 0.2) is 0 Å². The van der Waals surface area contributed by atoms with Crippen molar-refractivity contribution in [2.45, 2.75) is 19.3 Å². The summed E-state index contributed by atoms with van der Waals surface area (Å²) in [6.07, 6.45) is 11.7. The number of carbonyl (C=O) groups excluding carboxylic acids is 1. The lowest BCUT2D eigenvalue weighted by Gasteiger charge is -2.32. The first-order valence-electron chi connectivity index (χ1n) is 10.3. The highest BCUT2D eigenvalue weighted by Crippen LogP contribution is 2.22. The number of pyridine rings is 3. The van der Waals surface area contributed by atoms with Gasteiger partial charge in [-0.1, -0.05) is 18.2 Å². The standard InChI is InChI=1S/C24H25N5O/c30-24(12-11-19-6-4-13-25-17-19)29-15-5-7-20(18-29)16-21-8-3-10-23(27-21)28-22-9-1-2-14-26-22/h1-4,6,8-14,17,20H,5,7,15-16,18H2,(H,26,27,28)/b12-11+/t20-/m0/s1. The van der Waals surface area contributed by atoms with Gasteiger partial charge in [0, 0.05) is 43.4 Å². The second-order valence-corrected chi connectivity index (χ2v) is 7.47. The van der Waals surface area contributed by atoms with Gasteiger partial charge in [0.2, 0.25) is 5.91 Å². The van der Waals surface area contributed by atoms with E-state index in [0.717, 1.165) is 55.2 Å². The molecule has 0 aromatic carbocycles. The quantitative estimate of drug-likeness (QED) is 0.632. The number of anilines is 2. The minimum absolute atomic E-state index is 0.0575. The maximum Gasteiger partial charge on any atom is 0.246 e. The van der Waals surface area contributed by atoms with Crippen LogP contribution < -0.4 is 5.32 Å². The van der Waals surface area contributed by atoms with Crippen LogP contribution in [0.25, 0.3) is 6.08 Å². The van der Waals surface area contributed by atoms with Gasteiger partial charge in [0.1, 0.15) is 11.6 Å². The number of amides is 1. The molecule has 0 radical (unpaired) electrons. The fraction of sp³-hybridized carbons (Fsp3) is 0.250. The molecule has 0 bridgehead atoms. The van der Waals surface area contributed by atoms with Gasteiger partial charge in [0.05, 0.1) is 0 Å². The van der Waals surface area contributed by atoms with Gasteiger partial charge < -0.3 is 10.2 Å². The highest BCUT2D eigenvalue weighted by Gasteiger charge is 2.23. The number of carbonyl (C=O) groups is 1. The summed E-state index contributed by atoms with van der Waals surface area (Å²) in [5.41, 5.74) is 1.96. The molecule has 0 saturated carbocycles. The predicted octanol–water partition coefficient (Wildman–Crippen LogP) is 4.11. The lowest BCUT2D eigenvalue weighted by Crippen LogP contribution is -2.39. The molecule has 1 atom stereocenters. The van der Waals surface area contributed by atoms with Crippen LogP contribution in [-0.2, 0) is 11.2 Å². The van der Waals surface area contributed by atoms with E-state index >= 15 is 0 Å². The summed E-state index contributed by atoms with van der Waals surface area (Å²) in [4.78, 5) is 27.6. The van der Waals surface area contributed by atoms with E-state index in [1.54, 1.807) is 24.7 Å². The third-order valence-electron chi connectivity index (χ3n) is 5.16. The maximum absolute atomic E-state index is 12.6. The molecule has 1 aliphatic heterocycles. The molecule has 4 heterocycles. The lowest BCUT2D eigenvalue weighted by molar-refractivity contribution is -0.127. The molecule has 6 nitrogen and oxygen atoms in total. The van der Waals surface area contributed by atoms with Gasteiger partial charge in [-0.25, -0.2) is 9.97 Å². The normalized spacial score (nSPS) is 16.5. The molecule has 152 valence electrons. The first kappa shape index (κ1) is 19.8. The van der Waals surface area contributed by atoms with E-state index in [4.69, 9.17) is 4.98 Å². The Morgan fingerprint density at radius 3 is 2.87 bits per heavy atom. The van der Waals surface area contributed by atoms with Crippen LogP contribution in [0.3, 0.4) is 0 Å². The first-order valence-corrected chi connectivity index (χ1v) is 10.3. The molecule has 0 aliphatic carbocycles. The predicted molar refractivity (Wildman–Crippen MR) is 118 cm³/mol. The topological polar surface area (TPSA) is 71.0 Å². The summed E-state index contributed by atoms with van der Waals surface area (Å²) in [6.45, 7) is 1.57. The summed E-state index contributed by atoms with van der Waals surface area (Å²) in [7, 11) is 0. The van der Waals surface area contributed by atoms with Crippen molar-refractivity contribution in [3.8, 4) is 0 Å². The highest BCUT2D eigenvalue weighted by molar-refractivity contribution is 5.91. The molecular formula is C24H25N5O. The van der Waals surface area contributed by atoms with Gasteiger partial charge in [-0.3, -0.25) is 9.78 Å². The van der Waals surface area contributed by atoms with Crippen molar-refractivity contribution in [3.63, 3.8) is 0 Å². The first-order chi connectivity index (χ1) is 14.8. The molecule has 1 N–H and O–H groups in total. The van der Waals surface area contributed by atoms with Crippen LogP contribution in [0.5, 0.6) is 0 Å². The molecule has 6 heteroatoms. The van der Waals surface area contributed by atoms with Crippen LogP contribution in [0.15, 0.2) is 73.2 Å². The van der Waals surface area contributed by atoms with Crippen molar-refractivity contribution in [2.24, 2.45) is 5.92 Å². The smallest absolute Gasteiger partial charge is 0.246 e. The number of rotatable bonds is 6. The monoisotopic (exact) mass is 399 g/mol. The van der Waals surface area contributed by atoms with E-state index in [9.17, 15) is 4.79 Å². The average molecular weight is 399 g/mol. The van der Waals surface area contributed by atoms with Crippen LogP contribution in [0.4, 0.5) is 11.6 Å². The van der Waals surface area contributed by atoms with Gasteiger partial charge in [-0.05, 0) is 67.2 Å². The molecule has 1 aliphatic rings. The van der Waals surface area contributed by atoms with Crippen LogP contribution >= 0.6 is 0 Å². The van der Waals surface area contributed by atoms with Crippen molar-refractivity contribution >= 4 is 23.6 Å². The van der Waals surface area contributed by atoms with Gasteiger partial charge in [0.25, 0.3) is 0 Å². The number of aromatic nitrogens is 3. The van der Waals surface area contributed by atoms with Crippen molar-refractivity contribution in [2.75, 3.05) is 18.4 Å². The molecule has 3 aromatic rings. The van der Waals surface area contributed by atoms with Crippen molar-refractivity contribution in [3.05, 3.63) is 84.5 Å². The van der Waals surface area contributed by atoms with Crippen LogP contribution in [0.1, 0.15) is 24.1 Å². The van der Waals surface area contributed by atoms with E-state index in [-0.39, 0.29) is 5.91 Å². The van der Waals surface area contributed by atoms with Crippen LogP contribution in [-0.4, -0.2) is 38.8 Å². The number of hydrogen-bond donors (Lipinski definition) is 1. The molecular weight excluding hydrogens is 374 g/mol. The number of nitrogens with zero attached hydrogens (tertiary/aromatic N) is 4. The number of likely N-dealkylation sites (tertiary alicyclic amines) is 1. The Bertz CT molecular complexity index is 991. The zero-order chi connectivity index (χ0) is 20.6. The maximum atomic E-state index is 12.6. The van der Waals surface area contributed by atoms with E-state index in [2.05, 4.69) is 15.3 Å². The number of nitrogens with one attached hydrogen (secondary N) is 1. The summed E-state index contributed by atoms with van der Waals surface area (Å²) < 4.78 is 0. The summed E-state index contributed by atoms with van der Waals surface area (Å²) >= 11 is 0. The fourth-order valence-corrected chi connectivity index (χ4v) is 3.71. The molecule has 30 heavy (non-hydrogen) atoms. The molecule has 1 amide bonds. The molecule has 1 saturated heterocycles. The Hall–Kier alpha value is -3.54. The van der Waals surface area contributed by atoms with Gasteiger partial charge in [-0.15, -0.1) is 0 Å². The Labute approximate surface area is 176 Å². The summed E-state index contributed by atoms with van der Waals surface area (Å²) in [5.74, 6) is 2.03. The Balaban J connectivity index is 1.35. The molecule has 0 spiro atoms. The Morgan fingerprint density at radius 2 is 2.03 bits per heavy atom. The van der Waals surface area contributed by atoms with Crippen LogP contribution in [0, 0.1) is 5.92 Å². The van der Waals surface area contributed by atoms with Gasteiger partial charge >= 0.3 is 0 Å². The van der Waals surface area contributed by atoms with E-state index in [0.29, 0.717) is 5.92 Å². The summed E-state index contributed by atoms with van der Waals surface area (Å²) in [6, 6.07) is 15.5. The largest absolute Gasteiger partial charge is 0.339 e. The van der Waals surface area contributed by atoms with E-state index in [1.807, 2.05) is 59.5 Å². The zero-order valence-electron chi connectivity index (χ0n) is 16.8. The van der Waals surface area contributed by atoms with Crippen LogP contribution in [0.2, 0.25) is 0 Å². The number of hydrogen-bond acceptors (Lipinski definition) is 5. The molecule has 0 unspecified atom stereocenters. The fourth-order valence-electron chi connectivity index (χ4n) is 3.71. The highest BCUT2D eigenvalue weighted by atomic mass is 16.2. The minimum Gasteiger partial charge on any atom is -0.339 e. The second-order valence-electron chi connectivity index (χ2n) is 7.47.